The maximum atomic E-state index is 13.1. The molecule has 164 valence electrons. The number of carbonyl (C=O) groups is 3. The molecule has 0 fully saturated rings. The highest BCUT2D eigenvalue weighted by atomic mass is 28.3. The molecule has 6 nitrogen and oxygen atoms in total. The van der Waals surface area contributed by atoms with Crippen molar-refractivity contribution in [3.63, 3.8) is 0 Å². The zero-order valence-corrected chi connectivity index (χ0v) is 19.4. The van der Waals surface area contributed by atoms with Crippen LogP contribution in [-0.2, 0) is 20.8 Å². The molecule has 1 rings (SSSR count). The number of benzene rings is 1. The fourth-order valence-corrected chi connectivity index (χ4v) is 3.26. The van der Waals surface area contributed by atoms with Gasteiger partial charge < -0.3 is 15.7 Å². The van der Waals surface area contributed by atoms with Crippen LogP contribution in [0.1, 0.15) is 39.7 Å². The summed E-state index contributed by atoms with van der Waals surface area (Å²) in [4.78, 5) is 35.8. The van der Waals surface area contributed by atoms with Crippen LogP contribution in [0.3, 0.4) is 0 Å². The van der Waals surface area contributed by atoms with Gasteiger partial charge in [-0.15, -0.1) is 11.5 Å². The molecule has 30 heavy (non-hydrogen) atoms. The lowest BCUT2D eigenvalue weighted by Crippen LogP contribution is -2.52. The third kappa shape index (κ3) is 7.99. The average molecular weight is 435 g/mol. The van der Waals surface area contributed by atoms with Crippen molar-refractivity contribution in [2.45, 2.75) is 70.8 Å². The Balaban J connectivity index is 2.93. The second-order valence-electron chi connectivity index (χ2n) is 8.86. The van der Waals surface area contributed by atoms with E-state index in [4.69, 9.17) is 0 Å². The van der Waals surface area contributed by atoms with Gasteiger partial charge in [-0.25, -0.2) is 9.18 Å². The minimum absolute atomic E-state index is 0.0308. The first kappa shape index (κ1) is 25.4. The molecule has 0 heterocycles. The molecule has 0 aliphatic rings. The zero-order chi connectivity index (χ0) is 23.1. The van der Waals surface area contributed by atoms with E-state index in [-0.39, 0.29) is 17.9 Å². The molecule has 8 heteroatoms. The standard InChI is InChI=1S/C22H31FN2O4Si/c1-15(26)24-19(14-16-9-11-17(23)12-10-16)20(27)25-18(21(28)29)8-7-13-30(5,6)22(2,3)4/h9-12,18-19H,8,14H2,1-6H3,(H,24,26)(H,25,27)(H,28,29)/t18-,19+/m1/s1. The maximum Gasteiger partial charge on any atom is 0.327 e. The van der Waals surface area contributed by atoms with Crippen molar-refractivity contribution >= 4 is 25.9 Å². The highest BCUT2D eigenvalue weighted by Gasteiger charge is 2.34. The lowest BCUT2D eigenvalue weighted by atomic mass is 10.0. The average Bonchev–Trinajstić information content (AvgIpc) is 2.60. The lowest BCUT2D eigenvalue weighted by Gasteiger charge is -2.31. The molecule has 0 saturated heterocycles. The summed E-state index contributed by atoms with van der Waals surface area (Å²) >= 11 is 0. The van der Waals surface area contributed by atoms with Gasteiger partial charge in [-0.3, -0.25) is 9.59 Å². The first-order chi connectivity index (χ1) is 13.7. The van der Waals surface area contributed by atoms with Gasteiger partial charge >= 0.3 is 5.97 Å². The van der Waals surface area contributed by atoms with Crippen molar-refractivity contribution in [2.75, 3.05) is 0 Å². The van der Waals surface area contributed by atoms with Crippen molar-refractivity contribution in [1.82, 2.24) is 10.6 Å². The van der Waals surface area contributed by atoms with Crippen LogP contribution in [0, 0.1) is 17.3 Å². The minimum Gasteiger partial charge on any atom is -0.480 e. The van der Waals surface area contributed by atoms with E-state index in [2.05, 4.69) is 56.0 Å². The van der Waals surface area contributed by atoms with Crippen molar-refractivity contribution < 1.29 is 23.9 Å². The molecule has 0 radical (unpaired) electrons. The lowest BCUT2D eigenvalue weighted by molar-refractivity contribution is -0.142. The summed E-state index contributed by atoms with van der Waals surface area (Å²) in [6, 6.07) is 3.36. The Labute approximate surface area is 178 Å². The van der Waals surface area contributed by atoms with Gasteiger partial charge in [0.1, 0.15) is 26.0 Å². The van der Waals surface area contributed by atoms with E-state index in [1.807, 2.05) is 0 Å². The van der Waals surface area contributed by atoms with E-state index in [0.29, 0.717) is 5.56 Å². The number of hydrogen-bond donors (Lipinski definition) is 3. The van der Waals surface area contributed by atoms with E-state index < -0.39 is 43.8 Å². The molecule has 0 aromatic heterocycles. The van der Waals surface area contributed by atoms with Gasteiger partial charge in [-0.1, -0.05) is 46.0 Å². The van der Waals surface area contributed by atoms with E-state index >= 15 is 0 Å². The van der Waals surface area contributed by atoms with Gasteiger partial charge in [0.05, 0.1) is 0 Å². The Bertz CT molecular complexity index is 835. The predicted molar refractivity (Wildman–Crippen MR) is 117 cm³/mol. The number of rotatable bonds is 7. The number of aliphatic carboxylic acids is 1. The maximum absolute atomic E-state index is 13.1. The molecular weight excluding hydrogens is 403 g/mol. The van der Waals surface area contributed by atoms with Crippen molar-refractivity contribution in [3.05, 3.63) is 35.6 Å². The van der Waals surface area contributed by atoms with Gasteiger partial charge in [-0.2, -0.15) is 0 Å². The summed E-state index contributed by atoms with van der Waals surface area (Å²) in [5.41, 5.74) is 3.87. The third-order valence-electron chi connectivity index (χ3n) is 5.24. The fourth-order valence-electron chi connectivity index (χ4n) is 2.34. The fraction of sp³-hybridized carbons (Fsp3) is 0.500. The Hall–Kier alpha value is -2.66. The number of hydrogen-bond acceptors (Lipinski definition) is 3. The molecule has 0 bridgehead atoms. The van der Waals surface area contributed by atoms with Crippen molar-refractivity contribution in [3.8, 4) is 11.5 Å². The number of nitrogens with one attached hydrogen (secondary N) is 2. The first-order valence-corrected chi connectivity index (χ1v) is 12.8. The summed E-state index contributed by atoms with van der Waals surface area (Å²) in [6.45, 7) is 11.8. The van der Waals surface area contributed by atoms with Crippen LogP contribution in [0.15, 0.2) is 24.3 Å². The summed E-state index contributed by atoms with van der Waals surface area (Å²) in [5.74, 6) is 0.275. The highest BCUT2D eigenvalue weighted by molar-refractivity contribution is 6.87. The van der Waals surface area contributed by atoms with Gasteiger partial charge in [0.2, 0.25) is 11.8 Å². The van der Waals surface area contributed by atoms with Crippen LogP contribution in [0.25, 0.3) is 0 Å². The van der Waals surface area contributed by atoms with Gasteiger partial charge in [0.25, 0.3) is 0 Å². The number of carboxylic acids is 1. The molecule has 1 aromatic rings. The molecule has 0 unspecified atom stereocenters. The second-order valence-corrected chi connectivity index (χ2v) is 13.9. The van der Waals surface area contributed by atoms with Crippen molar-refractivity contribution in [1.29, 1.82) is 0 Å². The Kier molecular flexibility index (Phi) is 8.79. The molecule has 2 atom stereocenters. The van der Waals surface area contributed by atoms with Gasteiger partial charge in [0.15, 0.2) is 0 Å². The van der Waals surface area contributed by atoms with Crippen LogP contribution in [-0.4, -0.2) is 43.0 Å². The predicted octanol–water partition coefficient (Wildman–Crippen LogP) is 2.88. The Morgan fingerprint density at radius 2 is 1.67 bits per heavy atom. The molecule has 3 N–H and O–H groups in total. The highest BCUT2D eigenvalue weighted by Crippen LogP contribution is 2.35. The van der Waals surface area contributed by atoms with E-state index in [0.717, 1.165) is 0 Å². The zero-order valence-electron chi connectivity index (χ0n) is 18.4. The summed E-state index contributed by atoms with van der Waals surface area (Å²) < 4.78 is 13.1. The number of halogens is 1. The largest absolute Gasteiger partial charge is 0.480 e. The smallest absolute Gasteiger partial charge is 0.327 e. The van der Waals surface area contributed by atoms with Gasteiger partial charge in [-0.05, 0) is 22.7 Å². The SMILES string of the molecule is CC(=O)N[C@@H](Cc1ccc(F)cc1)C(=O)N[C@H](CC#C[Si](C)(C)C(C)(C)C)C(=O)O. The first-order valence-electron chi connectivity index (χ1n) is 9.77. The molecule has 1 aromatic carbocycles. The molecule has 0 aliphatic heterocycles. The molecule has 0 aliphatic carbocycles. The van der Waals surface area contributed by atoms with Crippen LogP contribution >= 0.6 is 0 Å². The normalized spacial score (nSPS) is 13.4. The van der Waals surface area contributed by atoms with Gasteiger partial charge in [0, 0.05) is 19.8 Å². The second kappa shape index (κ2) is 10.4. The van der Waals surface area contributed by atoms with E-state index in [1.165, 1.54) is 31.2 Å². The summed E-state index contributed by atoms with van der Waals surface area (Å²) in [6.07, 6.45) is 0.0740. The number of carbonyl (C=O) groups excluding carboxylic acids is 2. The van der Waals surface area contributed by atoms with Crippen LogP contribution < -0.4 is 10.6 Å². The van der Waals surface area contributed by atoms with Crippen LogP contribution in [0.2, 0.25) is 18.1 Å². The van der Waals surface area contributed by atoms with Crippen molar-refractivity contribution in [2.24, 2.45) is 0 Å². The van der Waals surface area contributed by atoms with Crippen LogP contribution in [0.4, 0.5) is 4.39 Å². The number of carboxylic acid groups (broad SMARTS) is 1. The van der Waals surface area contributed by atoms with Crippen LogP contribution in [0.5, 0.6) is 0 Å². The monoisotopic (exact) mass is 434 g/mol. The molecule has 2 amide bonds. The molecular formula is C22H31FN2O4Si. The molecule has 0 spiro atoms. The third-order valence-corrected chi connectivity index (χ3v) is 9.80. The quantitative estimate of drug-likeness (QED) is 0.454. The Morgan fingerprint density at radius 1 is 1.10 bits per heavy atom. The summed E-state index contributed by atoms with van der Waals surface area (Å²) in [7, 11) is -1.90. The molecule has 0 saturated carbocycles. The Morgan fingerprint density at radius 3 is 2.13 bits per heavy atom. The number of amides is 2. The minimum atomic E-state index is -1.90. The topological polar surface area (TPSA) is 95.5 Å². The summed E-state index contributed by atoms with van der Waals surface area (Å²) in [5, 5.41) is 14.5. The van der Waals surface area contributed by atoms with E-state index in [1.54, 1.807) is 0 Å². The van der Waals surface area contributed by atoms with E-state index in [9.17, 15) is 23.9 Å².